The molecule has 8 heteroatoms. The number of thiocarbonyl (C=S) groups is 1. The minimum absolute atomic E-state index is 0.0216. The van der Waals surface area contributed by atoms with Crippen LogP contribution in [0.15, 0.2) is 53.5 Å². The Kier molecular flexibility index (Phi) is 5.29. The number of anilines is 1. The molecule has 132 valence electrons. The summed E-state index contributed by atoms with van der Waals surface area (Å²) < 4.78 is 5.13. The summed E-state index contributed by atoms with van der Waals surface area (Å²) in [6, 6.07) is 13.6. The van der Waals surface area contributed by atoms with Crippen LogP contribution in [0.2, 0.25) is 5.02 Å². The second-order valence-corrected chi connectivity index (χ2v) is 6.22. The van der Waals surface area contributed by atoms with Gasteiger partial charge in [0.2, 0.25) is 5.91 Å². The summed E-state index contributed by atoms with van der Waals surface area (Å²) >= 11 is 11.0. The number of hydrogen-bond donors (Lipinski definition) is 1. The van der Waals surface area contributed by atoms with E-state index in [2.05, 4.69) is 10.3 Å². The molecule has 1 aliphatic heterocycles. The number of carbonyl (C=O) groups excluding carboxylic acids is 2. The third kappa shape index (κ3) is 3.74. The number of methoxy groups -OCH3 is 1. The standard InChI is InChI=1S/C18H14ClN3O3S/c1-25-14-4-2-3-12(9-14)20-10-15-16(23)21-18(26)22(17(15)24)13-7-5-11(19)6-8-13/h2-10,15H,1H3,(H,21,23,26)/t15-/m1/s1. The monoisotopic (exact) mass is 387 g/mol. The molecule has 0 unspecified atom stereocenters. The van der Waals surface area contributed by atoms with E-state index in [4.69, 9.17) is 28.6 Å². The number of hydrogen-bond acceptors (Lipinski definition) is 5. The molecular weight excluding hydrogens is 374 g/mol. The van der Waals surface area contributed by atoms with Gasteiger partial charge in [-0.1, -0.05) is 17.7 Å². The fourth-order valence-electron chi connectivity index (χ4n) is 2.41. The van der Waals surface area contributed by atoms with Gasteiger partial charge in [0, 0.05) is 17.3 Å². The van der Waals surface area contributed by atoms with Crippen molar-refractivity contribution in [2.24, 2.45) is 10.9 Å². The maximum Gasteiger partial charge on any atom is 0.251 e. The summed E-state index contributed by atoms with van der Waals surface area (Å²) in [6.07, 6.45) is 1.30. The maximum atomic E-state index is 12.8. The molecule has 1 aliphatic rings. The highest BCUT2D eigenvalue weighted by atomic mass is 35.5. The van der Waals surface area contributed by atoms with Gasteiger partial charge in [-0.25, -0.2) is 0 Å². The molecule has 0 saturated carbocycles. The van der Waals surface area contributed by atoms with Crippen LogP contribution in [0.1, 0.15) is 0 Å². The van der Waals surface area contributed by atoms with Crippen LogP contribution in [0, 0.1) is 5.92 Å². The van der Waals surface area contributed by atoms with Crippen molar-refractivity contribution in [1.29, 1.82) is 0 Å². The SMILES string of the molecule is COc1cccc(N=C[C@@H]2C(=O)NC(=S)N(c3ccc(Cl)cc3)C2=O)c1. The molecular formula is C18H14ClN3O3S. The number of halogens is 1. The van der Waals surface area contributed by atoms with Crippen molar-refractivity contribution in [2.45, 2.75) is 0 Å². The van der Waals surface area contributed by atoms with Crippen LogP contribution in [-0.4, -0.2) is 30.3 Å². The minimum atomic E-state index is -1.09. The van der Waals surface area contributed by atoms with Gasteiger partial charge in [-0.3, -0.25) is 19.5 Å². The van der Waals surface area contributed by atoms with Crippen molar-refractivity contribution >= 4 is 58.3 Å². The quantitative estimate of drug-likeness (QED) is 0.497. The number of amides is 2. The summed E-state index contributed by atoms with van der Waals surface area (Å²) in [5.74, 6) is -1.46. The summed E-state index contributed by atoms with van der Waals surface area (Å²) in [4.78, 5) is 30.5. The predicted octanol–water partition coefficient (Wildman–Crippen LogP) is 3.12. The van der Waals surface area contributed by atoms with Crippen LogP contribution >= 0.6 is 23.8 Å². The lowest BCUT2D eigenvalue weighted by Crippen LogP contribution is -2.58. The van der Waals surface area contributed by atoms with Gasteiger partial charge in [-0.2, -0.15) is 0 Å². The van der Waals surface area contributed by atoms with Gasteiger partial charge < -0.3 is 10.1 Å². The molecule has 0 aromatic heterocycles. The molecule has 1 saturated heterocycles. The molecule has 2 aromatic carbocycles. The first kappa shape index (κ1) is 18.0. The zero-order valence-corrected chi connectivity index (χ0v) is 15.3. The number of benzene rings is 2. The zero-order chi connectivity index (χ0) is 18.7. The molecule has 2 amide bonds. The molecule has 1 fully saturated rings. The molecule has 0 bridgehead atoms. The fourth-order valence-corrected chi connectivity index (χ4v) is 2.83. The fraction of sp³-hybridized carbons (Fsp3) is 0.111. The molecule has 0 radical (unpaired) electrons. The van der Waals surface area contributed by atoms with Crippen LogP contribution < -0.4 is 15.0 Å². The first-order valence-corrected chi connectivity index (χ1v) is 8.41. The third-order valence-electron chi connectivity index (χ3n) is 3.71. The number of rotatable bonds is 4. The Balaban J connectivity index is 1.87. The first-order valence-electron chi connectivity index (χ1n) is 7.62. The van der Waals surface area contributed by atoms with E-state index in [9.17, 15) is 9.59 Å². The van der Waals surface area contributed by atoms with E-state index < -0.39 is 17.7 Å². The lowest BCUT2D eigenvalue weighted by molar-refractivity contribution is -0.130. The molecule has 0 spiro atoms. The molecule has 1 N–H and O–H groups in total. The van der Waals surface area contributed by atoms with E-state index in [0.29, 0.717) is 22.1 Å². The van der Waals surface area contributed by atoms with Crippen LogP contribution in [0.5, 0.6) is 5.75 Å². The number of ether oxygens (including phenoxy) is 1. The zero-order valence-electron chi connectivity index (χ0n) is 13.7. The molecule has 6 nitrogen and oxygen atoms in total. The van der Waals surface area contributed by atoms with Gasteiger partial charge in [-0.05, 0) is 48.6 Å². The van der Waals surface area contributed by atoms with E-state index in [1.54, 1.807) is 55.6 Å². The van der Waals surface area contributed by atoms with E-state index in [1.807, 2.05) is 0 Å². The third-order valence-corrected chi connectivity index (χ3v) is 4.25. The van der Waals surface area contributed by atoms with E-state index in [1.165, 1.54) is 11.1 Å². The van der Waals surface area contributed by atoms with Crippen molar-refractivity contribution in [2.75, 3.05) is 12.0 Å². The lowest BCUT2D eigenvalue weighted by atomic mass is 10.1. The van der Waals surface area contributed by atoms with Gasteiger partial charge >= 0.3 is 0 Å². The van der Waals surface area contributed by atoms with Gasteiger partial charge in [-0.15, -0.1) is 0 Å². The van der Waals surface area contributed by atoms with Crippen LogP contribution in [0.4, 0.5) is 11.4 Å². The molecule has 1 atom stereocenters. The highest BCUT2D eigenvalue weighted by Crippen LogP contribution is 2.23. The summed E-state index contributed by atoms with van der Waals surface area (Å²) in [7, 11) is 1.55. The van der Waals surface area contributed by atoms with Gasteiger partial charge in [0.1, 0.15) is 5.75 Å². The minimum Gasteiger partial charge on any atom is -0.497 e. The Morgan fingerprint density at radius 1 is 1.23 bits per heavy atom. The summed E-state index contributed by atoms with van der Waals surface area (Å²) in [5, 5.41) is 3.08. The number of carbonyl (C=O) groups is 2. The smallest absolute Gasteiger partial charge is 0.251 e. The van der Waals surface area contributed by atoms with Crippen molar-refractivity contribution in [1.82, 2.24) is 5.32 Å². The predicted molar refractivity (Wildman–Crippen MR) is 104 cm³/mol. The Labute approximate surface area is 160 Å². The lowest BCUT2D eigenvalue weighted by Gasteiger charge is -2.30. The van der Waals surface area contributed by atoms with E-state index in [-0.39, 0.29) is 5.11 Å². The number of aliphatic imine (C=N–C) groups is 1. The normalized spacial score (nSPS) is 17.5. The molecule has 2 aromatic rings. The maximum absolute atomic E-state index is 12.8. The van der Waals surface area contributed by atoms with Crippen molar-refractivity contribution < 1.29 is 14.3 Å². The van der Waals surface area contributed by atoms with Gasteiger partial charge in [0.25, 0.3) is 5.91 Å². The molecule has 1 heterocycles. The van der Waals surface area contributed by atoms with Crippen LogP contribution in [-0.2, 0) is 9.59 Å². The van der Waals surface area contributed by atoms with Crippen molar-refractivity contribution in [3.63, 3.8) is 0 Å². The Bertz CT molecular complexity index is 899. The molecule has 3 rings (SSSR count). The number of nitrogens with zero attached hydrogens (tertiary/aromatic N) is 2. The van der Waals surface area contributed by atoms with Gasteiger partial charge in [0.05, 0.1) is 18.5 Å². The second-order valence-electron chi connectivity index (χ2n) is 5.40. The van der Waals surface area contributed by atoms with E-state index in [0.717, 1.165) is 0 Å². The topological polar surface area (TPSA) is 71.0 Å². The Hall–Kier alpha value is -2.77. The largest absolute Gasteiger partial charge is 0.497 e. The van der Waals surface area contributed by atoms with Crippen molar-refractivity contribution in [3.8, 4) is 5.75 Å². The summed E-state index contributed by atoms with van der Waals surface area (Å²) in [5.41, 5.74) is 1.08. The molecule has 0 aliphatic carbocycles. The Morgan fingerprint density at radius 2 is 1.96 bits per heavy atom. The van der Waals surface area contributed by atoms with Gasteiger partial charge in [0.15, 0.2) is 11.0 Å². The average Bonchev–Trinajstić information content (AvgIpc) is 2.63. The first-order chi connectivity index (χ1) is 12.5. The molecule has 26 heavy (non-hydrogen) atoms. The average molecular weight is 388 g/mol. The second kappa shape index (κ2) is 7.63. The Morgan fingerprint density at radius 3 is 2.65 bits per heavy atom. The van der Waals surface area contributed by atoms with Crippen molar-refractivity contribution in [3.05, 3.63) is 53.6 Å². The van der Waals surface area contributed by atoms with Crippen LogP contribution in [0.25, 0.3) is 0 Å². The highest BCUT2D eigenvalue weighted by Gasteiger charge is 2.38. The summed E-state index contributed by atoms with van der Waals surface area (Å²) in [6.45, 7) is 0. The van der Waals surface area contributed by atoms with Crippen LogP contribution in [0.3, 0.4) is 0 Å². The highest BCUT2D eigenvalue weighted by molar-refractivity contribution is 7.80. The van der Waals surface area contributed by atoms with E-state index >= 15 is 0 Å². The number of nitrogens with one attached hydrogen (secondary N) is 1.